The van der Waals surface area contributed by atoms with Crippen LogP contribution in [0.2, 0.25) is 0 Å². The van der Waals surface area contributed by atoms with Crippen molar-refractivity contribution in [2.45, 2.75) is 68.1 Å². The Kier molecular flexibility index (Phi) is 4.87. The highest BCUT2D eigenvalue weighted by Crippen LogP contribution is 2.42. The van der Waals surface area contributed by atoms with E-state index in [4.69, 9.17) is 0 Å². The van der Waals surface area contributed by atoms with Crippen LogP contribution < -0.4 is 4.90 Å². The van der Waals surface area contributed by atoms with Gasteiger partial charge in [-0.05, 0) is 25.0 Å². The van der Waals surface area contributed by atoms with E-state index in [9.17, 15) is 9.59 Å². The van der Waals surface area contributed by atoms with E-state index in [-0.39, 0.29) is 17.7 Å². The molecule has 2 aliphatic rings. The molecule has 0 spiro atoms. The van der Waals surface area contributed by atoms with Crippen LogP contribution >= 0.6 is 11.8 Å². The first-order valence-electron chi connectivity index (χ1n) is 8.34. The zero-order valence-corrected chi connectivity index (χ0v) is 13.9. The van der Waals surface area contributed by atoms with Crippen molar-refractivity contribution in [1.29, 1.82) is 0 Å². The number of thioether (sulfide) groups is 1. The molecule has 118 valence electrons. The molecule has 0 aromatic heterocycles. The fourth-order valence-electron chi connectivity index (χ4n) is 3.46. The van der Waals surface area contributed by atoms with Gasteiger partial charge in [-0.15, -0.1) is 11.8 Å². The molecule has 1 aliphatic carbocycles. The van der Waals surface area contributed by atoms with Crippen molar-refractivity contribution in [3.05, 3.63) is 24.3 Å². The summed E-state index contributed by atoms with van der Waals surface area (Å²) in [4.78, 5) is 28.2. The van der Waals surface area contributed by atoms with Gasteiger partial charge in [0.25, 0.3) is 0 Å². The van der Waals surface area contributed by atoms with Gasteiger partial charge in [-0.1, -0.05) is 44.7 Å². The van der Waals surface area contributed by atoms with Gasteiger partial charge in [-0.3, -0.25) is 9.59 Å². The first-order valence-corrected chi connectivity index (χ1v) is 9.21. The number of anilines is 1. The molecule has 4 heteroatoms. The number of carbonyl (C=O) groups is 2. The highest BCUT2D eigenvalue weighted by Gasteiger charge is 2.40. The van der Waals surface area contributed by atoms with E-state index in [0.717, 1.165) is 23.4 Å². The van der Waals surface area contributed by atoms with Crippen molar-refractivity contribution in [2.75, 3.05) is 4.90 Å². The first kappa shape index (κ1) is 15.6. The van der Waals surface area contributed by atoms with Gasteiger partial charge in [-0.2, -0.15) is 0 Å². The molecule has 1 fully saturated rings. The van der Waals surface area contributed by atoms with Crippen LogP contribution in [0.1, 0.15) is 51.9 Å². The number of hydrogen-bond acceptors (Lipinski definition) is 3. The summed E-state index contributed by atoms with van der Waals surface area (Å²) in [5.41, 5.74) is 1.00. The minimum Gasteiger partial charge on any atom is -0.307 e. The van der Waals surface area contributed by atoms with Crippen LogP contribution in [0.15, 0.2) is 29.2 Å². The average Bonchev–Trinajstić information content (AvgIpc) is 2.82. The Balaban J connectivity index is 1.97. The molecule has 3 nitrogen and oxygen atoms in total. The Hall–Kier alpha value is -1.29. The van der Waals surface area contributed by atoms with Crippen molar-refractivity contribution in [3.8, 4) is 0 Å². The van der Waals surface area contributed by atoms with Crippen LogP contribution in [0.3, 0.4) is 0 Å². The minimum absolute atomic E-state index is 0.00227. The van der Waals surface area contributed by atoms with Gasteiger partial charge in [-0.25, -0.2) is 0 Å². The molecule has 0 radical (unpaired) electrons. The van der Waals surface area contributed by atoms with Gasteiger partial charge < -0.3 is 4.90 Å². The maximum absolute atomic E-state index is 13.0. The van der Waals surface area contributed by atoms with Crippen LogP contribution in [-0.4, -0.2) is 23.0 Å². The number of fused-ring (bicyclic) bond motifs is 1. The van der Waals surface area contributed by atoms with Gasteiger partial charge >= 0.3 is 0 Å². The smallest absolute Gasteiger partial charge is 0.248 e. The fourth-order valence-corrected chi connectivity index (χ4v) is 4.67. The summed E-state index contributed by atoms with van der Waals surface area (Å²) in [6.45, 7) is 1.84. The van der Waals surface area contributed by atoms with Crippen LogP contribution in [0.4, 0.5) is 5.69 Å². The maximum Gasteiger partial charge on any atom is 0.248 e. The van der Waals surface area contributed by atoms with Crippen LogP contribution in [-0.2, 0) is 9.59 Å². The number of hydrogen-bond donors (Lipinski definition) is 0. The number of para-hydroxylation sites is 1. The number of rotatable bonds is 3. The zero-order chi connectivity index (χ0) is 15.5. The predicted octanol–water partition coefficient (Wildman–Crippen LogP) is 4.20. The molecule has 0 bridgehead atoms. The summed E-state index contributed by atoms with van der Waals surface area (Å²) in [7, 11) is 0. The van der Waals surface area contributed by atoms with E-state index < -0.39 is 5.25 Å². The van der Waals surface area contributed by atoms with Crippen molar-refractivity contribution < 1.29 is 9.59 Å². The lowest BCUT2D eigenvalue weighted by Gasteiger charge is -2.38. The second-order valence-electron chi connectivity index (χ2n) is 6.14. The van der Waals surface area contributed by atoms with Crippen molar-refractivity contribution in [3.63, 3.8) is 0 Å². The molecule has 1 aliphatic heterocycles. The van der Waals surface area contributed by atoms with Gasteiger partial charge in [0.1, 0.15) is 5.25 Å². The summed E-state index contributed by atoms with van der Waals surface area (Å²) in [6.07, 6.45) is 7.39. The van der Waals surface area contributed by atoms with Crippen molar-refractivity contribution in [1.82, 2.24) is 0 Å². The minimum atomic E-state index is -0.553. The number of benzene rings is 1. The molecule has 0 N–H and O–H groups in total. The van der Waals surface area contributed by atoms with Crippen molar-refractivity contribution >= 4 is 29.1 Å². The quantitative estimate of drug-likeness (QED) is 0.619. The SMILES string of the molecule is CCC(=O)C1Sc2ccccc2N(C2CCCCCC2)C1=O. The molecule has 1 aromatic carbocycles. The summed E-state index contributed by atoms with van der Waals surface area (Å²) in [6, 6.07) is 8.28. The van der Waals surface area contributed by atoms with E-state index in [1.54, 1.807) is 0 Å². The monoisotopic (exact) mass is 317 g/mol. The van der Waals surface area contributed by atoms with Crippen LogP contribution in [0.25, 0.3) is 0 Å². The highest BCUT2D eigenvalue weighted by molar-refractivity contribution is 8.01. The number of carbonyl (C=O) groups excluding carboxylic acids is 2. The van der Waals surface area contributed by atoms with Crippen LogP contribution in [0, 0.1) is 0 Å². The number of nitrogens with zero attached hydrogens (tertiary/aromatic N) is 1. The molecule has 1 saturated carbocycles. The predicted molar refractivity (Wildman–Crippen MR) is 90.4 cm³/mol. The molecular formula is C18H23NO2S. The molecule has 0 saturated heterocycles. The Morgan fingerprint density at radius 3 is 2.55 bits per heavy atom. The lowest BCUT2D eigenvalue weighted by molar-refractivity contribution is -0.126. The van der Waals surface area contributed by atoms with Crippen LogP contribution in [0.5, 0.6) is 0 Å². The second-order valence-corrected chi connectivity index (χ2v) is 7.29. The molecule has 1 atom stereocenters. The summed E-state index contributed by atoms with van der Waals surface area (Å²) < 4.78 is 0. The first-order chi connectivity index (χ1) is 10.7. The Morgan fingerprint density at radius 2 is 1.86 bits per heavy atom. The highest BCUT2D eigenvalue weighted by atomic mass is 32.2. The van der Waals surface area contributed by atoms with E-state index in [1.165, 1.54) is 37.4 Å². The Morgan fingerprint density at radius 1 is 1.18 bits per heavy atom. The number of amides is 1. The molecule has 1 heterocycles. The van der Waals surface area contributed by atoms with E-state index in [1.807, 2.05) is 36.1 Å². The van der Waals surface area contributed by atoms with Gasteiger partial charge in [0.05, 0.1) is 5.69 Å². The second kappa shape index (κ2) is 6.86. The maximum atomic E-state index is 13.0. The normalized spacial score (nSPS) is 23.0. The largest absolute Gasteiger partial charge is 0.307 e. The zero-order valence-electron chi connectivity index (χ0n) is 13.1. The third-order valence-electron chi connectivity index (χ3n) is 4.66. The summed E-state index contributed by atoms with van der Waals surface area (Å²) in [5, 5.41) is -0.553. The third kappa shape index (κ3) is 2.94. The standard InChI is InChI=1S/C18H23NO2S/c1-2-15(20)17-18(21)19(13-9-5-3-4-6-10-13)14-11-7-8-12-16(14)22-17/h7-8,11-13,17H,2-6,9-10H2,1H3. The lowest BCUT2D eigenvalue weighted by Crippen LogP contribution is -2.49. The van der Waals surface area contributed by atoms with E-state index >= 15 is 0 Å². The average molecular weight is 317 g/mol. The molecule has 1 amide bonds. The number of Topliss-reactive ketones (excluding diaryl/α,β-unsaturated/α-hetero) is 1. The lowest BCUT2D eigenvalue weighted by atomic mass is 10.0. The summed E-state index contributed by atoms with van der Waals surface area (Å²) in [5.74, 6) is 0.0468. The van der Waals surface area contributed by atoms with E-state index in [2.05, 4.69) is 0 Å². The van der Waals surface area contributed by atoms with E-state index in [0.29, 0.717) is 6.42 Å². The van der Waals surface area contributed by atoms with Crippen molar-refractivity contribution in [2.24, 2.45) is 0 Å². The molecule has 1 aromatic rings. The Labute approximate surface area is 136 Å². The molecule has 3 rings (SSSR count). The number of ketones is 1. The molecule has 22 heavy (non-hydrogen) atoms. The molecular weight excluding hydrogens is 294 g/mol. The van der Waals surface area contributed by atoms with Gasteiger partial charge in [0.15, 0.2) is 5.78 Å². The summed E-state index contributed by atoms with van der Waals surface area (Å²) >= 11 is 1.43. The molecule has 1 unspecified atom stereocenters. The third-order valence-corrected chi connectivity index (χ3v) is 5.96. The van der Waals surface area contributed by atoms with Gasteiger partial charge in [0, 0.05) is 17.4 Å². The fraction of sp³-hybridized carbons (Fsp3) is 0.556. The Bertz CT molecular complexity index is 564. The van der Waals surface area contributed by atoms with Gasteiger partial charge in [0.2, 0.25) is 5.91 Å². The topological polar surface area (TPSA) is 37.4 Å².